The van der Waals surface area contributed by atoms with Crippen LogP contribution in [0, 0.1) is 0 Å². The third kappa shape index (κ3) is 2.93. The molecule has 0 aliphatic carbocycles. The van der Waals surface area contributed by atoms with Gasteiger partial charge in [-0.15, -0.1) is 0 Å². The van der Waals surface area contributed by atoms with Crippen molar-refractivity contribution in [1.82, 2.24) is 4.90 Å². The van der Waals surface area contributed by atoms with Gasteiger partial charge in [-0.1, -0.05) is 30.3 Å². The molecule has 112 valence electrons. The monoisotopic (exact) mass is 296 g/mol. The zero-order valence-corrected chi connectivity index (χ0v) is 12.2. The van der Waals surface area contributed by atoms with Crippen LogP contribution >= 0.6 is 0 Å². The summed E-state index contributed by atoms with van der Waals surface area (Å²) < 4.78 is 5.34. The standard InChI is InChI=1S/C17H16N2O3/c1-19(10-12-5-3-2-4-6-12)17(21)13-7-8-14-15(9-13)22-11-16(20)18-14/h2-9H,10-11H2,1H3,(H,18,20). The zero-order valence-electron chi connectivity index (χ0n) is 12.2. The Morgan fingerprint density at radius 1 is 1.23 bits per heavy atom. The molecule has 0 atom stereocenters. The number of hydrogen-bond donors (Lipinski definition) is 1. The van der Waals surface area contributed by atoms with Crippen LogP contribution in [0.1, 0.15) is 15.9 Å². The molecule has 0 aromatic heterocycles. The molecule has 0 saturated heterocycles. The highest BCUT2D eigenvalue weighted by molar-refractivity contribution is 5.98. The van der Waals surface area contributed by atoms with Gasteiger partial charge in [-0.05, 0) is 23.8 Å². The first-order valence-electron chi connectivity index (χ1n) is 6.99. The van der Waals surface area contributed by atoms with Crippen LogP contribution in [0.2, 0.25) is 0 Å². The van der Waals surface area contributed by atoms with Crippen LogP contribution in [-0.2, 0) is 11.3 Å². The van der Waals surface area contributed by atoms with Gasteiger partial charge in [-0.25, -0.2) is 0 Å². The lowest BCUT2D eigenvalue weighted by molar-refractivity contribution is -0.118. The number of benzene rings is 2. The minimum atomic E-state index is -0.187. The van der Waals surface area contributed by atoms with Crippen molar-refractivity contribution in [3.63, 3.8) is 0 Å². The maximum Gasteiger partial charge on any atom is 0.262 e. The van der Waals surface area contributed by atoms with E-state index in [9.17, 15) is 9.59 Å². The third-order valence-corrected chi connectivity index (χ3v) is 3.47. The van der Waals surface area contributed by atoms with E-state index in [1.807, 2.05) is 30.3 Å². The molecule has 2 aromatic carbocycles. The molecule has 0 unspecified atom stereocenters. The van der Waals surface area contributed by atoms with Gasteiger partial charge in [0.15, 0.2) is 6.61 Å². The minimum absolute atomic E-state index is 0.0233. The fourth-order valence-corrected chi connectivity index (χ4v) is 2.36. The number of ether oxygens (including phenoxy) is 1. The van der Waals surface area contributed by atoms with E-state index in [0.717, 1.165) is 5.56 Å². The summed E-state index contributed by atoms with van der Waals surface area (Å²) in [6, 6.07) is 14.9. The lowest BCUT2D eigenvalue weighted by atomic mass is 10.1. The Morgan fingerprint density at radius 3 is 2.77 bits per heavy atom. The Hall–Kier alpha value is -2.82. The quantitative estimate of drug-likeness (QED) is 0.945. The first-order chi connectivity index (χ1) is 10.6. The predicted octanol–water partition coefficient (Wildman–Crippen LogP) is 2.29. The number of anilines is 1. The van der Waals surface area contributed by atoms with Gasteiger partial charge in [0, 0.05) is 19.2 Å². The Balaban J connectivity index is 1.76. The topological polar surface area (TPSA) is 58.6 Å². The van der Waals surface area contributed by atoms with Crippen LogP contribution in [-0.4, -0.2) is 30.4 Å². The highest BCUT2D eigenvalue weighted by Gasteiger charge is 2.19. The van der Waals surface area contributed by atoms with E-state index in [4.69, 9.17) is 4.74 Å². The van der Waals surface area contributed by atoms with Gasteiger partial charge in [0.1, 0.15) is 5.75 Å². The van der Waals surface area contributed by atoms with Gasteiger partial charge in [0.2, 0.25) is 0 Å². The first-order valence-corrected chi connectivity index (χ1v) is 6.99. The molecule has 0 bridgehead atoms. The SMILES string of the molecule is CN(Cc1ccccc1)C(=O)c1ccc2c(c1)OCC(=O)N2. The van der Waals surface area contributed by atoms with Gasteiger partial charge in [0.05, 0.1) is 5.69 Å². The largest absolute Gasteiger partial charge is 0.482 e. The Kier molecular flexibility index (Phi) is 3.78. The summed E-state index contributed by atoms with van der Waals surface area (Å²) >= 11 is 0. The fraction of sp³-hybridized carbons (Fsp3) is 0.176. The van der Waals surface area contributed by atoms with Crippen LogP contribution in [0.3, 0.4) is 0 Å². The maximum atomic E-state index is 12.5. The molecule has 0 saturated carbocycles. The minimum Gasteiger partial charge on any atom is -0.482 e. The van der Waals surface area contributed by atoms with Gasteiger partial charge in [-0.2, -0.15) is 0 Å². The molecular weight excluding hydrogens is 280 g/mol. The fourth-order valence-electron chi connectivity index (χ4n) is 2.36. The third-order valence-electron chi connectivity index (χ3n) is 3.47. The average molecular weight is 296 g/mol. The second kappa shape index (κ2) is 5.89. The number of rotatable bonds is 3. The molecule has 5 heteroatoms. The van der Waals surface area contributed by atoms with Crippen molar-refractivity contribution in [3.05, 3.63) is 59.7 Å². The van der Waals surface area contributed by atoms with E-state index in [0.29, 0.717) is 23.5 Å². The van der Waals surface area contributed by atoms with Crippen LogP contribution < -0.4 is 10.1 Å². The molecule has 1 heterocycles. The van der Waals surface area contributed by atoms with E-state index in [-0.39, 0.29) is 18.4 Å². The Labute approximate surface area is 128 Å². The van der Waals surface area contributed by atoms with Crippen molar-refractivity contribution in [2.75, 3.05) is 19.0 Å². The smallest absolute Gasteiger partial charge is 0.262 e. The van der Waals surface area contributed by atoms with Crippen LogP contribution in [0.4, 0.5) is 5.69 Å². The average Bonchev–Trinajstić information content (AvgIpc) is 2.54. The highest BCUT2D eigenvalue weighted by atomic mass is 16.5. The highest BCUT2D eigenvalue weighted by Crippen LogP contribution is 2.29. The number of nitrogens with one attached hydrogen (secondary N) is 1. The van der Waals surface area contributed by atoms with Gasteiger partial charge < -0.3 is 15.0 Å². The first kappa shape index (κ1) is 14.1. The number of nitrogens with zero attached hydrogens (tertiary/aromatic N) is 1. The molecule has 1 N–H and O–H groups in total. The summed E-state index contributed by atoms with van der Waals surface area (Å²) in [5, 5.41) is 2.71. The lowest BCUT2D eigenvalue weighted by Crippen LogP contribution is -2.28. The summed E-state index contributed by atoms with van der Waals surface area (Å²) in [5.74, 6) is 0.249. The van der Waals surface area contributed by atoms with Crippen molar-refractivity contribution in [2.45, 2.75) is 6.54 Å². The number of carbonyl (C=O) groups excluding carboxylic acids is 2. The van der Waals surface area contributed by atoms with E-state index in [1.54, 1.807) is 30.1 Å². The number of hydrogen-bond acceptors (Lipinski definition) is 3. The summed E-state index contributed by atoms with van der Waals surface area (Å²) in [7, 11) is 1.76. The van der Waals surface area contributed by atoms with E-state index >= 15 is 0 Å². The van der Waals surface area contributed by atoms with E-state index in [2.05, 4.69) is 5.32 Å². The molecule has 2 amide bonds. The predicted molar refractivity (Wildman–Crippen MR) is 82.8 cm³/mol. The van der Waals surface area contributed by atoms with Gasteiger partial charge in [0.25, 0.3) is 11.8 Å². The lowest BCUT2D eigenvalue weighted by Gasteiger charge is -2.21. The normalized spacial score (nSPS) is 12.9. The zero-order chi connectivity index (χ0) is 15.5. The van der Waals surface area contributed by atoms with Crippen LogP contribution in [0.15, 0.2) is 48.5 Å². The molecular formula is C17H16N2O3. The molecule has 3 rings (SSSR count). The molecule has 2 aromatic rings. The molecule has 22 heavy (non-hydrogen) atoms. The summed E-state index contributed by atoms with van der Waals surface area (Å²) in [4.78, 5) is 25.4. The molecule has 0 radical (unpaired) electrons. The molecule has 5 nitrogen and oxygen atoms in total. The van der Waals surface area contributed by atoms with Crippen molar-refractivity contribution in [3.8, 4) is 5.75 Å². The second-order valence-electron chi connectivity index (χ2n) is 5.19. The van der Waals surface area contributed by atoms with Gasteiger partial charge >= 0.3 is 0 Å². The maximum absolute atomic E-state index is 12.5. The molecule has 0 spiro atoms. The Morgan fingerprint density at radius 2 is 2.00 bits per heavy atom. The number of carbonyl (C=O) groups is 2. The summed E-state index contributed by atoms with van der Waals surface area (Å²) in [6.45, 7) is 0.513. The summed E-state index contributed by atoms with van der Waals surface area (Å²) in [6.07, 6.45) is 0. The summed E-state index contributed by atoms with van der Waals surface area (Å²) in [5.41, 5.74) is 2.20. The van der Waals surface area contributed by atoms with Crippen molar-refractivity contribution < 1.29 is 14.3 Å². The van der Waals surface area contributed by atoms with E-state index < -0.39 is 0 Å². The molecule has 0 fully saturated rings. The second-order valence-corrected chi connectivity index (χ2v) is 5.19. The van der Waals surface area contributed by atoms with Crippen molar-refractivity contribution in [1.29, 1.82) is 0 Å². The number of fused-ring (bicyclic) bond motifs is 1. The molecule has 1 aliphatic heterocycles. The molecule has 1 aliphatic rings. The van der Waals surface area contributed by atoms with Crippen molar-refractivity contribution >= 4 is 17.5 Å². The Bertz CT molecular complexity index is 713. The van der Waals surface area contributed by atoms with Crippen LogP contribution in [0.5, 0.6) is 5.75 Å². The van der Waals surface area contributed by atoms with Crippen molar-refractivity contribution in [2.24, 2.45) is 0 Å². The van der Waals surface area contributed by atoms with Gasteiger partial charge in [-0.3, -0.25) is 9.59 Å². The van der Waals surface area contributed by atoms with Crippen LogP contribution in [0.25, 0.3) is 0 Å². The number of amides is 2. The van der Waals surface area contributed by atoms with E-state index in [1.165, 1.54) is 0 Å².